The van der Waals surface area contributed by atoms with Crippen molar-refractivity contribution in [1.82, 2.24) is 0 Å². The van der Waals surface area contributed by atoms with E-state index in [0.717, 1.165) is 0 Å². The minimum atomic E-state index is -1.19. The van der Waals surface area contributed by atoms with Crippen LogP contribution in [0.4, 0.5) is 8.78 Å². The number of rotatable bonds is 3. The number of nitrogens with one attached hydrogen (secondary N) is 1. The van der Waals surface area contributed by atoms with Crippen molar-refractivity contribution in [2.75, 3.05) is 6.86 Å². The van der Waals surface area contributed by atoms with Crippen molar-refractivity contribution < 1.29 is 13.5 Å². The Labute approximate surface area is 50.6 Å². The Hall–Kier alpha value is -1.13. The molecule has 0 aliphatic carbocycles. The van der Waals surface area contributed by atoms with Crippen LogP contribution in [0.1, 0.15) is 0 Å². The number of nitrogens with two attached hydrogens (primary N) is 1. The van der Waals surface area contributed by atoms with E-state index in [9.17, 15) is 8.78 Å². The molecule has 0 atom stereocenters. The van der Waals surface area contributed by atoms with Gasteiger partial charge < -0.3 is 15.9 Å². The molecule has 0 bridgehead atoms. The molecule has 0 rings (SSSR count). The van der Waals surface area contributed by atoms with Gasteiger partial charge in [0.15, 0.2) is 5.83 Å². The third-order valence-corrected chi connectivity index (χ3v) is 0.572. The van der Waals surface area contributed by atoms with Crippen LogP contribution in [0.5, 0.6) is 0 Å². The van der Waals surface area contributed by atoms with Crippen molar-refractivity contribution >= 4 is 6.21 Å². The first-order chi connectivity index (χ1) is 4.22. The summed E-state index contributed by atoms with van der Waals surface area (Å²) in [5, 5.41) is 6.28. The molecule has 0 aliphatic rings. The molecule has 0 saturated heterocycles. The van der Waals surface area contributed by atoms with Gasteiger partial charge in [-0.2, -0.15) is 4.39 Å². The van der Waals surface area contributed by atoms with Crippen LogP contribution < -0.4 is 5.73 Å². The zero-order valence-electron chi connectivity index (χ0n) is 4.53. The lowest BCUT2D eigenvalue weighted by Crippen LogP contribution is -2.04. The lowest BCUT2D eigenvalue weighted by molar-refractivity contribution is 0.109. The highest BCUT2D eigenvalue weighted by Crippen LogP contribution is 1.97. The van der Waals surface area contributed by atoms with E-state index in [-0.39, 0.29) is 0 Å². The molecule has 3 nitrogen and oxygen atoms in total. The molecule has 3 N–H and O–H groups in total. The van der Waals surface area contributed by atoms with Gasteiger partial charge in [-0.15, -0.1) is 0 Å². The van der Waals surface area contributed by atoms with Gasteiger partial charge in [0.2, 0.25) is 12.7 Å². The highest BCUT2D eigenvalue weighted by molar-refractivity contribution is 5.72. The van der Waals surface area contributed by atoms with Gasteiger partial charge in [-0.3, -0.25) is 0 Å². The standard InChI is InChI=1S/C4H6F2N2O/c5-2-9-4(8)3(6)1-7/h1,7H,2,8H2/b4-3-,7-1?. The van der Waals surface area contributed by atoms with Gasteiger partial charge in [0.25, 0.3) is 0 Å². The molecule has 0 spiro atoms. The molecule has 9 heavy (non-hydrogen) atoms. The van der Waals surface area contributed by atoms with Gasteiger partial charge in [0, 0.05) is 0 Å². The van der Waals surface area contributed by atoms with Crippen molar-refractivity contribution in [3.8, 4) is 0 Å². The zero-order valence-corrected chi connectivity index (χ0v) is 4.53. The fourth-order valence-electron chi connectivity index (χ4n) is 0.199. The summed E-state index contributed by atoms with van der Waals surface area (Å²) < 4.78 is 27.0. The predicted octanol–water partition coefficient (Wildman–Crippen LogP) is 0.677. The number of hydrogen-bond donors (Lipinski definition) is 2. The van der Waals surface area contributed by atoms with E-state index in [4.69, 9.17) is 11.1 Å². The molecule has 0 aromatic carbocycles. The van der Waals surface area contributed by atoms with Gasteiger partial charge in [-0.05, 0) is 0 Å². The quantitative estimate of drug-likeness (QED) is 0.442. The second-order valence-corrected chi connectivity index (χ2v) is 1.11. The molecule has 0 aliphatic heterocycles. The van der Waals surface area contributed by atoms with Crippen LogP contribution in [0.3, 0.4) is 0 Å². The van der Waals surface area contributed by atoms with Crippen LogP contribution in [0.25, 0.3) is 0 Å². The van der Waals surface area contributed by atoms with E-state index < -0.39 is 18.6 Å². The fraction of sp³-hybridized carbons (Fsp3) is 0.250. The van der Waals surface area contributed by atoms with Crippen LogP contribution in [0, 0.1) is 5.41 Å². The minimum Gasteiger partial charge on any atom is -0.445 e. The number of allylic oxidation sites excluding steroid dienone is 1. The lowest BCUT2D eigenvalue weighted by atomic mass is 10.6. The molecule has 0 heterocycles. The van der Waals surface area contributed by atoms with E-state index in [1.54, 1.807) is 0 Å². The molecular weight excluding hydrogens is 130 g/mol. The van der Waals surface area contributed by atoms with Crippen molar-refractivity contribution in [2.24, 2.45) is 5.73 Å². The smallest absolute Gasteiger partial charge is 0.230 e. The van der Waals surface area contributed by atoms with Gasteiger partial charge in [-0.1, -0.05) is 0 Å². The number of ether oxygens (including phenoxy) is 1. The maximum Gasteiger partial charge on any atom is 0.230 e. The Balaban J connectivity index is 3.93. The van der Waals surface area contributed by atoms with Gasteiger partial charge in [0.1, 0.15) is 0 Å². The second kappa shape index (κ2) is 3.82. The van der Waals surface area contributed by atoms with Crippen molar-refractivity contribution in [1.29, 1.82) is 5.41 Å². The van der Waals surface area contributed by atoms with E-state index in [0.29, 0.717) is 6.21 Å². The topological polar surface area (TPSA) is 59.1 Å². The highest BCUT2D eigenvalue weighted by Gasteiger charge is 1.97. The van der Waals surface area contributed by atoms with E-state index >= 15 is 0 Å². The maximum atomic E-state index is 11.9. The summed E-state index contributed by atoms with van der Waals surface area (Å²) in [7, 11) is 0. The normalized spacial score (nSPS) is 12.2. The third kappa shape index (κ3) is 2.63. The van der Waals surface area contributed by atoms with Crippen LogP contribution >= 0.6 is 0 Å². The molecule has 5 heteroatoms. The molecule has 0 amide bonds. The Morgan fingerprint density at radius 1 is 1.78 bits per heavy atom. The summed E-state index contributed by atoms with van der Waals surface area (Å²) >= 11 is 0. The van der Waals surface area contributed by atoms with E-state index in [2.05, 4.69) is 4.74 Å². The summed E-state index contributed by atoms with van der Waals surface area (Å²) in [4.78, 5) is 0. The fourth-order valence-corrected chi connectivity index (χ4v) is 0.199. The number of halogens is 2. The van der Waals surface area contributed by atoms with Gasteiger partial charge in [0.05, 0.1) is 6.21 Å². The van der Waals surface area contributed by atoms with Crippen molar-refractivity contribution in [3.05, 3.63) is 11.7 Å². The molecule has 0 unspecified atom stereocenters. The zero-order chi connectivity index (χ0) is 7.28. The Kier molecular flexibility index (Phi) is 3.34. The summed E-state index contributed by atoms with van der Waals surface area (Å²) in [6, 6.07) is 0. The number of hydrogen-bond acceptors (Lipinski definition) is 3. The second-order valence-electron chi connectivity index (χ2n) is 1.11. The summed E-state index contributed by atoms with van der Waals surface area (Å²) in [5.74, 6) is -1.78. The highest BCUT2D eigenvalue weighted by atomic mass is 19.1. The molecule has 0 radical (unpaired) electrons. The van der Waals surface area contributed by atoms with Crippen molar-refractivity contribution in [3.63, 3.8) is 0 Å². The van der Waals surface area contributed by atoms with Gasteiger partial charge >= 0.3 is 0 Å². The van der Waals surface area contributed by atoms with Crippen LogP contribution in [0.15, 0.2) is 11.7 Å². The summed E-state index contributed by atoms with van der Waals surface area (Å²) in [6.07, 6.45) is 0.338. The Morgan fingerprint density at radius 3 is 2.67 bits per heavy atom. The van der Waals surface area contributed by atoms with E-state index in [1.165, 1.54) is 0 Å². The van der Waals surface area contributed by atoms with Gasteiger partial charge in [-0.25, -0.2) is 4.39 Å². The van der Waals surface area contributed by atoms with E-state index in [1.807, 2.05) is 0 Å². The Morgan fingerprint density at radius 2 is 2.33 bits per heavy atom. The molecular formula is C4H6F2N2O. The van der Waals surface area contributed by atoms with Crippen molar-refractivity contribution in [2.45, 2.75) is 0 Å². The first kappa shape index (κ1) is 7.87. The van der Waals surface area contributed by atoms with Crippen LogP contribution in [-0.4, -0.2) is 13.1 Å². The lowest BCUT2D eigenvalue weighted by Gasteiger charge is -1.97. The first-order valence-corrected chi connectivity index (χ1v) is 2.07. The predicted molar refractivity (Wildman–Crippen MR) is 28.2 cm³/mol. The maximum absolute atomic E-state index is 11.9. The third-order valence-electron chi connectivity index (χ3n) is 0.572. The molecule has 0 aromatic rings. The largest absolute Gasteiger partial charge is 0.445 e. The summed E-state index contributed by atoms with van der Waals surface area (Å²) in [5.41, 5.74) is 4.73. The van der Waals surface area contributed by atoms with Crippen LogP contribution in [0.2, 0.25) is 0 Å². The first-order valence-electron chi connectivity index (χ1n) is 2.07. The summed E-state index contributed by atoms with van der Waals surface area (Å²) in [6.45, 7) is -1.19. The minimum absolute atomic E-state index is 0.338. The SMILES string of the molecule is N=C/C(F)=C(\N)OCF. The monoisotopic (exact) mass is 136 g/mol. The average Bonchev–Trinajstić information content (AvgIpc) is 1.87. The molecule has 0 aromatic heterocycles. The molecule has 0 fully saturated rings. The molecule has 0 saturated carbocycles. The number of alkyl halides is 1. The average molecular weight is 136 g/mol. The van der Waals surface area contributed by atoms with Crippen LogP contribution in [-0.2, 0) is 4.74 Å². The Bertz CT molecular complexity index is 135. The molecule has 52 valence electrons.